The van der Waals surface area contributed by atoms with E-state index in [-0.39, 0.29) is 5.46 Å². The summed E-state index contributed by atoms with van der Waals surface area (Å²) in [6.45, 7) is 0.296. The van der Waals surface area contributed by atoms with Gasteiger partial charge in [0.1, 0.15) is 18.1 Å². The number of ether oxygens (including phenoxy) is 2. The Bertz CT molecular complexity index is 572. The average Bonchev–Trinajstić information content (AvgIpc) is 2.45. The van der Waals surface area contributed by atoms with Crippen molar-refractivity contribution in [1.29, 1.82) is 0 Å². The zero-order chi connectivity index (χ0) is 14.5. The van der Waals surface area contributed by atoms with Crippen LogP contribution in [-0.2, 0) is 6.61 Å². The summed E-state index contributed by atoms with van der Waals surface area (Å²) in [5.74, 6) is 1.12. The summed E-state index contributed by atoms with van der Waals surface area (Å²) in [6.07, 6.45) is 0. The molecule has 20 heavy (non-hydrogen) atoms. The van der Waals surface area contributed by atoms with Crippen molar-refractivity contribution >= 4 is 24.2 Å². The molecule has 0 spiro atoms. The smallest absolute Gasteiger partial charge is 0.492 e. The number of hydrogen-bond donors (Lipinski definition) is 2. The van der Waals surface area contributed by atoms with E-state index in [2.05, 4.69) is 0 Å². The van der Waals surface area contributed by atoms with Crippen LogP contribution in [0.3, 0.4) is 0 Å². The Hall–Kier alpha value is -1.69. The van der Waals surface area contributed by atoms with Crippen LogP contribution in [0.15, 0.2) is 42.5 Å². The van der Waals surface area contributed by atoms with E-state index in [0.717, 1.165) is 11.3 Å². The van der Waals surface area contributed by atoms with E-state index in [9.17, 15) is 10.0 Å². The number of halogens is 1. The van der Waals surface area contributed by atoms with Gasteiger partial charge in [-0.05, 0) is 29.8 Å². The molecule has 104 valence electrons. The Labute approximate surface area is 122 Å². The molecule has 2 aromatic rings. The van der Waals surface area contributed by atoms with Crippen molar-refractivity contribution < 1.29 is 19.5 Å². The molecule has 4 nitrogen and oxygen atoms in total. The molecule has 0 saturated carbocycles. The first-order valence-electron chi connectivity index (χ1n) is 6.01. The van der Waals surface area contributed by atoms with Gasteiger partial charge in [0.25, 0.3) is 0 Å². The predicted molar refractivity (Wildman–Crippen MR) is 78.6 cm³/mol. The van der Waals surface area contributed by atoms with Crippen LogP contribution in [0.4, 0.5) is 0 Å². The lowest BCUT2D eigenvalue weighted by Gasteiger charge is -2.12. The van der Waals surface area contributed by atoms with Gasteiger partial charge in [0.15, 0.2) is 0 Å². The maximum Gasteiger partial charge on any atom is 0.492 e. The molecule has 2 N–H and O–H groups in total. The highest BCUT2D eigenvalue weighted by molar-refractivity contribution is 6.59. The molecular formula is C14H14BClO4. The predicted octanol–water partition coefficient (Wildman–Crippen LogP) is 1.61. The fourth-order valence-electron chi connectivity index (χ4n) is 1.73. The highest BCUT2D eigenvalue weighted by Crippen LogP contribution is 2.18. The van der Waals surface area contributed by atoms with Gasteiger partial charge in [0.05, 0.1) is 7.11 Å². The summed E-state index contributed by atoms with van der Waals surface area (Å²) < 4.78 is 10.7. The normalized spacial score (nSPS) is 10.2. The third-order valence-corrected chi connectivity index (χ3v) is 3.04. The molecule has 0 aliphatic carbocycles. The second-order valence-electron chi connectivity index (χ2n) is 4.19. The fraction of sp³-hybridized carbons (Fsp3) is 0.143. The van der Waals surface area contributed by atoms with Crippen LogP contribution in [0, 0.1) is 0 Å². The topological polar surface area (TPSA) is 58.9 Å². The Morgan fingerprint density at radius 1 is 1.10 bits per heavy atom. The summed E-state index contributed by atoms with van der Waals surface area (Å²) in [7, 11) is 0.00461. The monoisotopic (exact) mass is 292 g/mol. The third kappa shape index (κ3) is 3.66. The van der Waals surface area contributed by atoms with E-state index in [1.165, 1.54) is 6.07 Å². The minimum atomic E-state index is -1.60. The van der Waals surface area contributed by atoms with E-state index < -0.39 is 7.12 Å². The van der Waals surface area contributed by atoms with Gasteiger partial charge in [-0.3, -0.25) is 0 Å². The molecule has 0 aliphatic rings. The Morgan fingerprint density at radius 2 is 1.80 bits per heavy atom. The number of hydrogen-bond acceptors (Lipinski definition) is 4. The van der Waals surface area contributed by atoms with Gasteiger partial charge in [-0.1, -0.05) is 29.8 Å². The van der Waals surface area contributed by atoms with Gasteiger partial charge < -0.3 is 19.5 Å². The van der Waals surface area contributed by atoms with Gasteiger partial charge >= 0.3 is 7.12 Å². The zero-order valence-corrected chi connectivity index (χ0v) is 11.7. The van der Waals surface area contributed by atoms with Crippen molar-refractivity contribution in [2.75, 3.05) is 7.11 Å². The Balaban J connectivity index is 2.11. The van der Waals surface area contributed by atoms with Crippen LogP contribution >= 0.6 is 11.6 Å². The van der Waals surface area contributed by atoms with E-state index >= 15 is 0 Å². The second-order valence-corrected chi connectivity index (χ2v) is 4.63. The summed E-state index contributed by atoms with van der Waals surface area (Å²) in [5, 5.41) is 19.0. The minimum absolute atomic E-state index is 0.280. The first-order valence-corrected chi connectivity index (χ1v) is 6.39. The van der Waals surface area contributed by atoms with Crippen molar-refractivity contribution in [2.45, 2.75) is 6.61 Å². The molecule has 0 aliphatic heterocycles. The van der Waals surface area contributed by atoms with Crippen molar-refractivity contribution in [3.05, 3.63) is 53.1 Å². The summed E-state index contributed by atoms with van der Waals surface area (Å²) in [5.41, 5.74) is 1.21. The Morgan fingerprint density at radius 3 is 2.40 bits per heavy atom. The second kappa shape index (κ2) is 6.66. The van der Waals surface area contributed by atoms with E-state index in [1.807, 2.05) is 24.3 Å². The van der Waals surface area contributed by atoms with Crippen LogP contribution in [-0.4, -0.2) is 24.3 Å². The standard InChI is InChI=1S/C14H14BClO4/c1-19-12-5-2-10(3-6-12)9-20-14-8-11(16)4-7-13(14)15(17)18/h2-8,17-18H,9H2,1H3. The van der Waals surface area contributed by atoms with Gasteiger partial charge in [-0.15, -0.1) is 0 Å². The first kappa shape index (κ1) is 14.7. The molecule has 0 radical (unpaired) electrons. The molecule has 0 heterocycles. The van der Waals surface area contributed by atoms with Gasteiger partial charge in [-0.25, -0.2) is 0 Å². The van der Waals surface area contributed by atoms with E-state index in [1.54, 1.807) is 19.2 Å². The maximum atomic E-state index is 9.28. The van der Waals surface area contributed by atoms with Gasteiger partial charge in [0.2, 0.25) is 0 Å². The number of benzene rings is 2. The first-order chi connectivity index (χ1) is 9.60. The molecule has 0 unspecified atom stereocenters. The largest absolute Gasteiger partial charge is 0.497 e. The maximum absolute atomic E-state index is 9.28. The molecular weight excluding hydrogens is 278 g/mol. The lowest BCUT2D eigenvalue weighted by molar-refractivity contribution is 0.306. The highest BCUT2D eigenvalue weighted by Gasteiger charge is 2.17. The average molecular weight is 293 g/mol. The highest BCUT2D eigenvalue weighted by atomic mass is 35.5. The van der Waals surface area contributed by atoms with Crippen LogP contribution in [0.5, 0.6) is 11.5 Å². The molecule has 0 aromatic heterocycles. The quantitative estimate of drug-likeness (QED) is 0.822. The lowest BCUT2D eigenvalue weighted by atomic mass is 9.79. The molecule has 0 fully saturated rings. The molecule has 2 rings (SSSR count). The van der Waals surface area contributed by atoms with Crippen molar-refractivity contribution in [3.63, 3.8) is 0 Å². The molecule has 0 amide bonds. The molecule has 0 bridgehead atoms. The summed E-state index contributed by atoms with van der Waals surface area (Å²) in [6, 6.07) is 12.1. The molecule has 0 atom stereocenters. The Kier molecular flexibility index (Phi) is 4.90. The van der Waals surface area contributed by atoms with Crippen LogP contribution < -0.4 is 14.9 Å². The van der Waals surface area contributed by atoms with Crippen molar-refractivity contribution in [2.24, 2.45) is 0 Å². The van der Waals surface area contributed by atoms with Crippen molar-refractivity contribution in [1.82, 2.24) is 0 Å². The van der Waals surface area contributed by atoms with Gasteiger partial charge in [-0.2, -0.15) is 0 Å². The van der Waals surface area contributed by atoms with Crippen LogP contribution in [0.1, 0.15) is 5.56 Å². The molecule has 6 heteroatoms. The molecule has 0 saturated heterocycles. The zero-order valence-electron chi connectivity index (χ0n) is 10.9. The van der Waals surface area contributed by atoms with Gasteiger partial charge in [0, 0.05) is 10.5 Å². The van der Waals surface area contributed by atoms with Crippen LogP contribution in [0.25, 0.3) is 0 Å². The van der Waals surface area contributed by atoms with E-state index in [4.69, 9.17) is 21.1 Å². The minimum Gasteiger partial charge on any atom is -0.497 e. The van der Waals surface area contributed by atoms with Crippen molar-refractivity contribution in [3.8, 4) is 11.5 Å². The number of methoxy groups -OCH3 is 1. The summed E-state index contributed by atoms with van der Waals surface area (Å²) >= 11 is 5.88. The fourth-order valence-corrected chi connectivity index (χ4v) is 1.89. The third-order valence-electron chi connectivity index (χ3n) is 2.81. The van der Waals surface area contributed by atoms with E-state index in [0.29, 0.717) is 17.4 Å². The summed E-state index contributed by atoms with van der Waals surface area (Å²) in [4.78, 5) is 0. The molecule has 2 aromatic carbocycles. The number of rotatable bonds is 5. The lowest BCUT2D eigenvalue weighted by Crippen LogP contribution is -2.31. The SMILES string of the molecule is COc1ccc(COc2cc(Cl)ccc2B(O)O)cc1. The van der Waals surface area contributed by atoms with Crippen LogP contribution in [0.2, 0.25) is 5.02 Å².